The van der Waals surface area contributed by atoms with E-state index in [-0.39, 0.29) is 5.91 Å². The zero-order valence-corrected chi connectivity index (χ0v) is 12.0. The lowest BCUT2D eigenvalue weighted by molar-refractivity contribution is -0.131. The summed E-state index contributed by atoms with van der Waals surface area (Å²) in [6.07, 6.45) is 2.65. The highest BCUT2D eigenvalue weighted by Gasteiger charge is 2.09. The first-order valence-electron chi connectivity index (χ1n) is 6.13. The van der Waals surface area contributed by atoms with Gasteiger partial charge >= 0.3 is 5.97 Å². The maximum atomic E-state index is 12.0. The topological polar surface area (TPSA) is 68.3 Å². The number of carbonyl (C=O) groups excluding carboxylic acids is 2. The lowest BCUT2D eigenvalue weighted by Crippen LogP contribution is -2.11. The predicted octanol–water partition coefficient (Wildman–Crippen LogP) is 2.88. The van der Waals surface area contributed by atoms with Crippen molar-refractivity contribution < 1.29 is 14.3 Å². The molecule has 0 saturated heterocycles. The third kappa shape index (κ3) is 3.64. The molecule has 0 atom stereocenters. The van der Waals surface area contributed by atoms with Crippen LogP contribution in [0.4, 0.5) is 5.13 Å². The zero-order valence-electron chi connectivity index (χ0n) is 11.2. The van der Waals surface area contributed by atoms with E-state index in [2.05, 4.69) is 10.3 Å². The minimum absolute atomic E-state index is 0.239. The molecule has 1 heterocycles. The van der Waals surface area contributed by atoms with Gasteiger partial charge in [-0.25, -0.2) is 4.98 Å². The Morgan fingerprint density at radius 1 is 1.30 bits per heavy atom. The summed E-state index contributed by atoms with van der Waals surface area (Å²) in [7, 11) is 0. The Labute approximate surface area is 120 Å². The normalized spacial score (nSPS) is 10.1. The molecule has 0 aliphatic rings. The van der Waals surface area contributed by atoms with Gasteiger partial charge in [-0.1, -0.05) is 6.92 Å². The van der Waals surface area contributed by atoms with E-state index >= 15 is 0 Å². The second-order valence-corrected chi connectivity index (χ2v) is 5.17. The Balaban J connectivity index is 2.03. The number of aromatic nitrogens is 1. The molecule has 6 heteroatoms. The highest BCUT2D eigenvalue weighted by atomic mass is 32.1. The van der Waals surface area contributed by atoms with E-state index in [9.17, 15) is 9.59 Å². The summed E-state index contributed by atoms with van der Waals surface area (Å²) >= 11 is 1.46. The van der Waals surface area contributed by atoms with Crippen LogP contribution in [-0.2, 0) is 11.2 Å². The number of rotatable bonds is 4. The number of nitrogens with one attached hydrogen (secondary N) is 1. The number of benzene rings is 1. The van der Waals surface area contributed by atoms with Crippen molar-refractivity contribution in [2.45, 2.75) is 20.3 Å². The standard InChI is InChI=1S/C14H14N2O3S/c1-3-12-8-15-14(20-12)16-13(18)10-4-6-11(7-5-10)19-9(2)17/h4-8H,3H2,1-2H3,(H,15,16,18). The highest BCUT2D eigenvalue weighted by molar-refractivity contribution is 7.15. The van der Waals surface area contributed by atoms with Crippen LogP contribution in [0.3, 0.4) is 0 Å². The molecule has 1 amide bonds. The van der Waals surface area contributed by atoms with Gasteiger partial charge in [-0.3, -0.25) is 14.9 Å². The quantitative estimate of drug-likeness (QED) is 0.694. The minimum atomic E-state index is -0.392. The predicted molar refractivity (Wildman–Crippen MR) is 77.2 cm³/mol. The van der Waals surface area contributed by atoms with Crippen LogP contribution in [0.1, 0.15) is 29.1 Å². The van der Waals surface area contributed by atoms with E-state index in [0.717, 1.165) is 11.3 Å². The van der Waals surface area contributed by atoms with Crippen LogP contribution in [0, 0.1) is 0 Å². The first kappa shape index (κ1) is 14.2. The molecule has 0 unspecified atom stereocenters. The van der Waals surface area contributed by atoms with Crippen LogP contribution in [0.15, 0.2) is 30.5 Å². The zero-order chi connectivity index (χ0) is 14.5. The summed E-state index contributed by atoms with van der Waals surface area (Å²) in [5, 5.41) is 3.31. The molecule has 104 valence electrons. The van der Waals surface area contributed by atoms with Crippen LogP contribution in [-0.4, -0.2) is 16.9 Å². The summed E-state index contributed by atoms with van der Waals surface area (Å²) in [5.41, 5.74) is 0.481. The molecule has 0 radical (unpaired) electrons. The molecule has 5 nitrogen and oxygen atoms in total. The average Bonchev–Trinajstić information content (AvgIpc) is 2.86. The monoisotopic (exact) mass is 290 g/mol. The van der Waals surface area contributed by atoms with Crippen molar-refractivity contribution in [3.63, 3.8) is 0 Å². The molecule has 2 rings (SSSR count). The average molecular weight is 290 g/mol. The number of aryl methyl sites for hydroxylation is 1. The van der Waals surface area contributed by atoms with E-state index in [4.69, 9.17) is 4.74 Å². The third-order valence-electron chi connectivity index (χ3n) is 2.50. The SMILES string of the molecule is CCc1cnc(NC(=O)c2ccc(OC(C)=O)cc2)s1. The van der Waals surface area contributed by atoms with E-state index in [0.29, 0.717) is 16.4 Å². The molecule has 1 aromatic carbocycles. The molecule has 2 aromatic rings. The maximum Gasteiger partial charge on any atom is 0.308 e. The Kier molecular flexibility index (Phi) is 4.47. The number of hydrogen-bond acceptors (Lipinski definition) is 5. The van der Waals surface area contributed by atoms with Gasteiger partial charge in [-0.15, -0.1) is 11.3 Å². The van der Waals surface area contributed by atoms with Crippen molar-refractivity contribution in [1.29, 1.82) is 0 Å². The molecular formula is C14H14N2O3S. The van der Waals surface area contributed by atoms with Crippen molar-refractivity contribution in [1.82, 2.24) is 4.98 Å². The van der Waals surface area contributed by atoms with Crippen LogP contribution in [0.2, 0.25) is 0 Å². The van der Waals surface area contributed by atoms with E-state index < -0.39 is 5.97 Å². The van der Waals surface area contributed by atoms with Crippen molar-refractivity contribution in [2.24, 2.45) is 0 Å². The van der Waals surface area contributed by atoms with Gasteiger partial charge in [0.05, 0.1) is 0 Å². The number of amides is 1. The molecule has 0 aliphatic heterocycles. The molecule has 1 N–H and O–H groups in total. The molecule has 0 bridgehead atoms. The molecule has 1 aromatic heterocycles. The highest BCUT2D eigenvalue weighted by Crippen LogP contribution is 2.19. The van der Waals surface area contributed by atoms with Crippen LogP contribution in [0.25, 0.3) is 0 Å². The van der Waals surface area contributed by atoms with Crippen LogP contribution < -0.4 is 10.1 Å². The van der Waals surface area contributed by atoms with E-state index in [1.54, 1.807) is 30.5 Å². The van der Waals surface area contributed by atoms with Gasteiger partial charge in [0.15, 0.2) is 5.13 Å². The van der Waals surface area contributed by atoms with Gasteiger partial charge in [0.2, 0.25) is 0 Å². The number of hydrogen-bond donors (Lipinski definition) is 1. The number of ether oxygens (including phenoxy) is 1. The van der Waals surface area contributed by atoms with Crippen molar-refractivity contribution >= 4 is 28.3 Å². The summed E-state index contributed by atoms with van der Waals surface area (Å²) < 4.78 is 4.90. The number of carbonyl (C=O) groups is 2. The lowest BCUT2D eigenvalue weighted by atomic mass is 10.2. The lowest BCUT2D eigenvalue weighted by Gasteiger charge is -2.03. The second-order valence-electron chi connectivity index (χ2n) is 4.06. The molecule has 0 saturated carbocycles. The van der Waals surface area contributed by atoms with Gasteiger partial charge in [0.1, 0.15) is 5.75 Å². The van der Waals surface area contributed by atoms with Gasteiger partial charge in [-0.2, -0.15) is 0 Å². The molecule has 0 fully saturated rings. The smallest absolute Gasteiger partial charge is 0.308 e. The number of esters is 1. The van der Waals surface area contributed by atoms with E-state index in [1.165, 1.54) is 18.3 Å². The third-order valence-corrected chi connectivity index (χ3v) is 3.56. The summed E-state index contributed by atoms with van der Waals surface area (Å²) in [6, 6.07) is 6.36. The summed E-state index contributed by atoms with van der Waals surface area (Å²) in [6.45, 7) is 3.36. The Morgan fingerprint density at radius 3 is 2.55 bits per heavy atom. The molecule has 0 spiro atoms. The first-order chi connectivity index (χ1) is 9.58. The largest absolute Gasteiger partial charge is 0.427 e. The maximum absolute atomic E-state index is 12.0. The summed E-state index contributed by atoms with van der Waals surface area (Å²) in [5.74, 6) is -0.218. The van der Waals surface area contributed by atoms with Crippen LogP contribution >= 0.6 is 11.3 Å². The van der Waals surface area contributed by atoms with Gasteiger partial charge < -0.3 is 4.74 Å². The second kappa shape index (κ2) is 6.29. The Bertz CT molecular complexity index is 620. The molecule has 20 heavy (non-hydrogen) atoms. The minimum Gasteiger partial charge on any atom is -0.427 e. The van der Waals surface area contributed by atoms with Gasteiger partial charge in [0, 0.05) is 23.6 Å². The van der Waals surface area contributed by atoms with Gasteiger partial charge in [0.25, 0.3) is 5.91 Å². The van der Waals surface area contributed by atoms with Gasteiger partial charge in [-0.05, 0) is 30.7 Å². The Morgan fingerprint density at radius 2 is 2.00 bits per heavy atom. The summed E-state index contributed by atoms with van der Waals surface area (Å²) in [4.78, 5) is 28.0. The fraction of sp³-hybridized carbons (Fsp3) is 0.214. The number of nitrogens with zero attached hydrogens (tertiary/aromatic N) is 1. The fourth-order valence-electron chi connectivity index (χ4n) is 1.54. The first-order valence-corrected chi connectivity index (χ1v) is 6.94. The fourth-order valence-corrected chi connectivity index (χ4v) is 2.29. The van der Waals surface area contributed by atoms with Crippen molar-refractivity contribution in [3.8, 4) is 5.75 Å². The van der Waals surface area contributed by atoms with Crippen LogP contribution in [0.5, 0.6) is 5.75 Å². The number of thiazole rings is 1. The Hall–Kier alpha value is -2.21. The van der Waals surface area contributed by atoms with E-state index in [1.807, 2.05) is 6.92 Å². The van der Waals surface area contributed by atoms with Crippen molar-refractivity contribution in [2.75, 3.05) is 5.32 Å². The van der Waals surface area contributed by atoms with Crippen molar-refractivity contribution in [3.05, 3.63) is 40.9 Å². The molecular weight excluding hydrogens is 276 g/mol. The number of anilines is 1. The molecule has 0 aliphatic carbocycles.